The summed E-state index contributed by atoms with van der Waals surface area (Å²) in [6.45, 7) is 1.69. The minimum atomic E-state index is -0.776. The Kier molecular flexibility index (Phi) is 11.2. The Morgan fingerprint density at radius 1 is 1.36 bits per heavy atom. The standard InChI is InChI=1S/C20H33N7O5S/c1-26-9-10-27(19(30)15(26)6-4-11-32-31-2)13-16(28)25-14(5-3-7-24-20(21)22)17(29)18-23-8-12-33-18/h8,12,14-15H,3-7,9-11,13H2,1-2H3,(H,25,28)(H4,21,22,24)/t14-,15-/m0/s1. The SMILES string of the molecule is COOCCC[C@H]1C(=O)N(CC(=O)N[C@@H](CCCN=C(N)N)C(=O)c2nccs2)CCN1C. The highest BCUT2D eigenvalue weighted by molar-refractivity contribution is 7.11. The molecule has 12 nitrogen and oxygen atoms in total. The van der Waals surface area contributed by atoms with Gasteiger partial charge in [0.2, 0.25) is 17.6 Å². The Morgan fingerprint density at radius 3 is 2.82 bits per heavy atom. The van der Waals surface area contributed by atoms with Gasteiger partial charge in [-0.15, -0.1) is 11.3 Å². The zero-order valence-corrected chi connectivity index (χ0v) is 19.9. The van der Waals surface area contributed by atoms with Crippen molar-refractivity contribution in [2.45, 2.75) is 37.8 Å². The van der Waals surface area contributed by atoms with Gasteiger partial charge in [0.05, 0.1) is 32.3 Å². The fourth-order valence-electron chi connectivity index (χ4n) is 3.54. The summed E-state index contributed by atoms with van der Waals surface area (Å²) in [6.07, 6.45) is 3.62. The van der Waals surface area contributed by atoms with E-state index in [1.54, 1.807) is 5.38 Å². The van der Waals surface area contributed by atoms with Crippen molar-refractivity contribution >= 4 is 34.9 Å². The van der Waals surface area contributed by atoms with Gasteiger partial charge < -0.3 is 21.7 Å². The molecule has 0 bridgehead atoms. The summed E-state index contributed by atoms with van der Waals surface area (Å²) in [4.78, 5) is 59.5. The molecule has 0 aromatic carbocycles. The smallest absolute Gasteiger partial charge is 0.240 e. The van der Waals surface area contributed by atoms with Crippen molar-refractivity contribution in [3.8, 4) is 0 Å². The molecule has 2 rings (SSSR count). The summed E-state index contributed by atoms with van der Waals surface area (Å²) in [7, 11) is 3.32. The first kappa shape index (κ1) is 26.6. The lowest BCUT2D eigenvalue weighted by atomic mass is 10.1. The zero-order valence-electron chi connectivity index (χ0n) is 19.1. The number of ketones is 1. The van der Waals surface area contributed by atoms with Crippen molar-refractivity contribution < 1.29 is 24.2 Å². The normalized spacial score (nSPS) is 17.6. The number of thiazole rings is 1. The Hall–Kier alpha value is -2.61. The number of carbonyl (C=O) groups excluding carboxylic acids is 3. The van der Waals surface area contributed by atoms with Gasteiger partial charge in [-0.3, -0.25) is 24.3 Å². The van der Waals surface area contributed by atoms with Crippen LogP contribution in [0.1, 0.15) is 35.5 Å². The zero-order chi connectivity index (χ0) is 24.2. The predicted octanol–water partition coefficient (Wildman–Crippen LogP) is -0.635. The molecule has 1 saturated heterocycles. The van der Waals surface area contributed by atoms with Gasteiger partial charge in [-0.25, -0.2) is 14.8 Å². The van der Waals surface area contributed by atoms with Gasteiger partial charge in [0.15, 0.2) is 11.0 Å². The van der Waals surface area contributed by atoms with Gasteiger partial charge in [0.1, 0.15) is 0 Å². The van der Waals surface area contributed by atoms with E-state index >= 15 is 0 Å². The van der Waals surface area contributed by atoms with Crippen LogP contribution in [0.15, 0.2) is 16.6 Å². The van der Waals surface area contributed by atoms with Crippen molar-refractivity contribution in [3.05, 3.63) is 16.6 Å². The van der Waals surface area contributed by atoms with Gasteiger partial charge in [-0.05, 0) is 32.7 Å². The Bertz CT molecular complexity index is 801. The van der Waals surface area contributed by atoms with Gasteiger partial charge in [-0.2, -0.15) is 0 Å². The molecule has 2 amide bonds. The van der Waals surface area contributed by atoms with Gasteiger partial charge in [-0.1, -0.05) is 0 Å². The minimum absolute atomic E-state index is 0.0289. The van der Waals surface area contributed by atoms with Crippen LogP contribution in [-0.4, -0.2) is 97.4 Å². The van der Waals surface area contributed by atoms with Crippen molar-refractivity contribution in [2.24, 2.45) is 16.5 Å². The fourth-order valence-corrected chi connectivity index (χ4v) is 4.17. The highest BCUT2D eigenvalue weighted by atomic mass is 32.1. The maximum atomic E-state index is 12.9. The third kappa shape index (κ3) is 8.68. The van der Waals surface area contributed by atoms with E-state index in [4.69, 9.17) is 16.4 Å². The van der Waals surface area contributed by atoms with E-state index in [0.717, 1.165) is 0 Å². The number of guanidine groups is 1. The van der Waals surface area contributed by atoms with E-state index in [-0.39, 0.29) is 30.2 Å². The lowest BCUT2D eigenvalue weighted by molar-refractivity contribution is -0.273. The van der Waals surface area contributed by atoms with Crippen LogP contribution in [0.25, 0.3) is 0 Å². The van der Waals surface area contributed by atoms with E-state index in [9.17, 15) is 14.4 Å². The van der Waals surface area contributed by atoms with Crippen molar-refractivity contribution in [1.29, 1.82) is 0 Å². The second kappa shape index (κ2) is 13.8. The number of nitrogens with zero attached hydrogens (tertiary/aromatic N) is 4. The molecule has 1 aromatic heterocycles. The number of nitrogens with two attached hydrogens (primary N) is 2. The molecule has 2 heterocycles. The van der Waals surface area contributed by atoms with E-state index in [2.05, 4.69) is 20.2 Å². The van der Waals surface area contributed by atoms with Crippen molar-refractivity contribution in [1.82, 2.24) is 20.1 Å². The van der Waals surface area contributed by atoms with Gasteiger partial charge in [0.25, 0.3) is 0 Å². The monoisotopic (exact) mass is 483 g/mol. The first-order valence-electron chi connectivity index (χ1n) is 10.8. The number of amides is 2. The number of likely N-dealkylation sites (N-methyl/N-ethyl adjacent to an activating group) is 1. The number of hydrogen-bond donors (Lipinski definition) is 3. The van der Waals surface area contributed by atoms with Crippen LogP contribution in [0, 0.1) is 0 Å². The molecular formula is C20H33N7O5S. The summed E-state index contributed by atoms with van der Waals surface area (Å²) >= 11 is 1.21. The first-order chi connectivity index (χ1) is 15.8. The lowest BCUT2D eigenvalue weighted by Gasteiger charge is -2.38. The van der Waals surface area contributed by atoms with Crippen LogP contribution in [-0.2, 0) is 19.4 Å². The molecule has 184 valence electrons. The molecule has 1 fully saturated rings. The first-order valence-corrected chi connectivity index (χ1v) is 11.6. The highest BCUT2D eigenvalue weighted by Crippen LogP contribution is 2.15. The maximum Gasteiger partial charge on any atom is 0.240 e. The summed E-state index contributed by atoms with van der Waals surface area (Å²) in [6, 6.07) is -1.11. The molecule has 1 aliphatic rings. The molecule has 1 aromatic rings. The van der Waals surface area contributed by atoms with Gasteiger partial charge >= 0.3 is 0 Å². The van der Waals surface area contributed by atoms with E-state index < -0.39 is 11.9 Å². The lowest BCUT2D eigenvalue weighted by Crippen LogP contribution is -2.58. The molecule has 2 atom stereocenters. The molecule has 0 saturated carbocycles. The predicted molar refractivity (Wildman–Crippen MR) is 123 cm³/mol. The molecular weight excluding hydrogens is 450 g/mol. The number of hydrogen-bond acceptors (Lipinski definition) is 9. The highest BCUT2D eigenvalue weighted by Gasteiger charge is 2.34. The largest absolute Gasteiger partial charge is 0.370 e. The second-order valence-electron chi connectivity index (χ2n) is 7.66. The molecule has 13 heteroatoms. The second-order valence-corrected chi connectivity index (χ2v) is 8.55. The summed E-state index contributed by atoms with van der Waals surface area (Å²) in [5.74, 6) is -0.819. The number of Topliss-reactive ketones (excluding diaryl/α,β-unsaturated/α-hetero) is 1. The third-order valence-corrected chi connectivity index (χ3v) is 6.04. The maximum absolute atomic E-state index is 12.9. The Morgan fingerprint density at radius 2 is 2.15 bits per heavy atom. The average Bonchev–Trinajstić information content (AvgIpc) is 3.31. The van der Waals surface area contributed by atoms with Crippen LogP contribution < -0.4 is 16.8 Å². The third-order valence-electron chi connectivity index (χ3n) is 5.25. The van der Waals surface area contributed by atoms with E-state index in [0.29, 0.717) is 56.9 Å². The number of nitrogens with one attached hydrogen (secondary N) is 1. The summed E-state index contributed by atoms with van der Waals surface area (Å²) in [5.41, 5.74) is 10.7. The van der Waals surface area contributed by atoms with Crippen molar-refractivity contribution in [2.75, 3.05) is 46.9 Å². The Balaban J connectivity index is 1.96. The molecule has 5 N–H and O–H groups in total. The van der Waals surface area contributed by atoms with E-state index in [1.807, 2.05) is 11.9 Å². The van der Waals surface area contributed by atoms with Crippen molar-refractivity contribution in [3.63, 3.8) is 0 Å². The molecule has 1 aliphatic heterocycles. The molecule has 0 radical (unpaired) electrons. The number of carbonyl (C=O) groups is 3. The fraction of sp³-hybridized carbons (Fsp3) is 0.650. The number of aromatic nitrogens is 1. The van der Waals surface area contributed by atoms with Crippen LogP contribution in [0.2, 0.25) is 0 Å². The number of rotatable bonds is 14. The molecule has 0 aliphatic carbocycles. The van der Waals surface area contributed by atoms with Crippen LogP contribution in [0.5, 0.6) is 0 Å². The summed E-state index contributed by atoms with van der Waals surface area (Å²) < 4.78 is 0. The summed E-state index contributed by atoms with van der Waals surface area (Å²) in [5, 5.41) is 4.79. The average molecular weight is 484 g/mol. The minimum Gasteiger partial charge on any atom is -0.370 e. The van der Waals surface area contributed by atoms with E-state index in [1.165, 1.54) is 29.5 Å². The van der Waals surface area contributed by atoms with Crippen LogP contribution in [0.3, 0.4) is 0 Å². The van der Waals surface area contributed by atoms with Crippen LogP contribution >= 0.6 is 11.3 Å². The molecule has 33 heavy (non-hydrogen) atoms. The van der Waals surface area contributed by atoms with Crippen LogP contribution in [0.4, 0.5) is 0 Å². The number of piperazine rings is 1. The quantitative estimate of drug-likeness (QED) is 0.0779. The topological polar surface area (TPSA) is 165 Å². The molecule has 0 unspecified atom stereocenters. The number of aliphatic imine (C=N–C) groups is 1. The molecule has 0 spiro atoms. The van der Waals surface area contributed by atoms with Gasteiger partial charge in [0, 0.05) is 31.2 Å². The Labute approximate surface area is 197 Å².